The fourth-order valence-electron chi connectivity index (χ4n) is 4.74. The van der Waals surface area contributed by atoms with Gasteiger partial charge in [-0.05, 0) is 81.4 Å². The van der Waals surface area contributed by atoms with Gasteiger partial charge in [0.05, 0.1) is 12.7 Å². The van der Waals surface area contributed by atoms with Crippen LogP contribution in [0.25, 0.3) is 0 Å². The molecule has 1 N–H and O–H groups in total. The van der Waals surface area contributed by atoms with Crippen LogP contribution in [0.1, 0.15) is 36.0 Å². The number of benzene rings is 2. The van der Waals surface area contributed by atoms with Gasteiger partial charge >= 0.3 is 0 Å². The number of hydrogen-bond acceptors (Lipinski definition) is 3. The maximum absolute atomic E-state index is 11.8. The van der Waals surface area contributed by atoms with Crippen LogP contribution in [-0.4, -0.2) is 37.8 Å². The van der Waals surface area contributed by atoms with Gasteiger partial charge in [-0.25, -0.2) is 0 Å². The Morgan fingerprint density at radius 3 is 2.63 bits per heavy atom. The van der Waals surface area contributed by atoms with Crippen LogP contribution in [0, 0.1) is 18.8 Å². The van der Waals surface area contributed by atoms with Crippen LogP contribution in [0.15, 0.2) is 48.5 Å². The van der Waals surface area contributed by atoms with Crippen molar-refractivity contribution < 1.29 is 9.84 Å². The molecule has 0 saturated heterocycles. The molecule has 0 amide bonds. The van der Waals surface area contributed by atoms with E-state index >= 15 is 0 Å². The van der Waals surface area contributed by atoms with E-state index in [0.29, 0.717) is 5.92 Å². The van der Waals surface area contributed by atoms with Gasteiger partial charge in [-0.3, -0.25) is 0 Å². The minimum absolute atomic E-state index is 0.234. The lowest BCUT2D eigenvalue weighted by molar-refractivity contribution is -0.0756. The summed E-state index contributed by atoms with van der Waals surface area (Å²) in [6.07, 6.45) is 3.96. The number of nitrogens with zero attached hydrogens (tertiary/aromatic N) is 1. The first-order valence-corrected chi connectivity index (χ1v) is 9.98. The summed E-state index contributed by atoms with van der Waals surface area (Å²) in [5.41, 5.74) is 2.89. The lowest BCUT2D eigenvalue weighted by Crippen LogP contribution is -2.45. The largest absolute Gasteiger partial charge is 0.497 e. The topological polar surface area (TPSA) is 32.7 Å². The number of aryl methyl sites for hydroxylation is 1. The van der Waals surface area contributed by atoms with Crippen molar-refractivity contribution in [3.63, 3.8) is 0 Å². The fraction of sp³-hybridized carbons (Fsp3) is 0.500. The van der Waals surface area contributed by atoms with Crippen molar-refractivity contribution in [1.82, 2.24) is 4.90 Å². The molecule has 3 heteroatoms. The quantitative estimate of drug-likeness (QED) is 0.821. The molecule has 2 aromatic carbocycles. The highest BCUT2D eigenvalue weighted by molar-refractivity contribution is 5.33. The van der Waals surface area contributed by atoms with Crippen molar-refractivity contribution in [2.45, 2.75) is 38.2 Å². The van der Waals surface area contributed by atoms with Crippen LogP contribution < -0.4 is 4.74 Å². The summed E-state index contributed by atoms with van der Waals surface area (Å²) in [6, 6.07) is 16.7. The monoisotopic (exact) mass is 367 g/mol. The predicted octanol–water partition coefficient (Wildman–Crippen LogP) is 4.41. The average Bonchev–Trinajstić information content (AvgIpc) is 2.65. The van der Waals surface area contributed by atoms with Crippen LogP contribution in [0.4, 0.5) is 0 Å². The third-order valence-electron chi connectivity index (χ3n) is 6.08. The van der Waals surface area contributed by atoms with Gasteiger partial charge in [0.2, 0.25) is 0 Å². The molecular weight excluding hydrogens is 334 g/mol. The van der Waals surface area contributed by atoms with E-state index in [1.165, 1.54) is 11.1 Å². The van der Waals surface area contributed by atoms with E-state index < -0.39 is 5.60 Å². The minimum Gasteiger partial charge on any atom is -0.497 e. The van der Waals surface area contributed by atoms with E-state index in [1.54, 1.807) is 7.11 Å². The Morgan fingerprint density at radius 1 is 1.15 bits per heavy atom. The first kappa shape index (κ1) is 19.9. The van der Waals surface area contributed by atoms with Gasteiger partial charge in [0.15, 0.2) is 0 Å². The molecule has 0 spiro atoms. The van der Waals surface area contributed by atoms with Crippen LogP contribution in [0.5, 0.6) is 5.75 Å². The zero-order valence-electron chi connectivity index (χ0n) is 17.1. The highest BCUT2D eigenvalue weighted by Gasteiger charge is 2.44. The van der Waals surface area contributed by atoms with Gasteiger partial charge in [0.1, 0.15) is 5.75 Å². The Bertz CT molecular complexity index is 758. The number of ether oxygens (including phenoxy) is 1. The maximum Gasteiger partial charge on any atom is 0.119 e. The summed E-state index contributed by atoms with van der Waals surface area (Å²) in [5.74, 6) is 1.74. The van der Waals surface area contributed by atoms with Crippen LogP contribution in [-0.2, 0) is 12.0 Å². The lowest BCUT2D eigenvalue weighted by atomic mass is 9.66. The van der Waals surface area contributed by atoms with Gasteiger partial charge in [0, 0.05) is 12.5 Å². The number of hydrogen-bond donors (Lipinski definition) is 1. The fourth-order valence-corrected chi connectivity index (χ4v) is 4.74. The van der Waals surface area contributed by atoms with Crippen molar-refractivity contribution >= 4 is 0 Å². The third kappa shape index (κ3) is 4.53. The number of rotatable bonds is 6. The summed E-state index contributed by atoms with van der Waals surface area (Å²) in [6.45, 7) is 3.02. The lowest BCUT2D eigenvalue weighted by Gasteiger charge is -2.45. The van der Waals surface area contributed by atoms with E-state index in [2.05, 4.69) is 68.4 Å². The summed E-state index contributed by atoms with van der Waals surface area (Å²) < 4.78 is 5.38. The molecule has 3 unspecified atom stereocenters. The van der Waals surface area contributed by atoms with Crippen LogP contribution in [0.2, 0.25) is 0 Å². The van der Waals surface area contributed by atoms with Gasteiger partial charge in [-0.15, -0.1) is 0 Å². The standard InChI is InChI=1S/C24H33NO2/c1-18-8-5-6-11-23(18)24(26)13-12-20(15-21(24)17-25(2)3)14-19-9-7-10-22(16-19)27-4/h5-11,16,20-21,26H,12-15,17H2,1-4H3. The smallest absolute Gasteiger partial charge is 0.119 e. The Kier molecular flexibility index (Phi) is 6.23. The molecule has 1 fully saturated rings. The van der Waals surface area contributed by atoms with Gasteiger partial charge in [-0.1, -0.05) is 36.4 Å². The van der Waals surface area contributed by atoms with Crippen LogP contribution in [0.3, 0.4) is 0 Å². The SMILES string of the molecule is COc1cccc(CC2CCC(O)(c3ccccc3C)C(CN(C)C)C2)c1. The second-order valence-electron chi connectivity index (χ2n) is 8.39. The Labute approximate surface area is 164 Å². The van der Waals surface area contributed by atoms with Crippen LogP contribution >= 0.6 is 0 Å². The number of aliphatic hydroxyl groups is 1. The summed E-state index contributed by atoms with van der Waals surface area (Å²) in [5, 5.41) is 11.8. The molecule has 1 aliphatic carbocycles. The first-order chi connectivity index (χ1) is 12.9. The molecule has 3 nitrogen and oxygen atoms in total. The summed E-state index contributed by atoms with van der Waals surface area (Å²) in [7, 11) is 5.92. The molecule has 1 aliphatic rings. The normalized spacial score (nSPS) is 25.6. The average molecular weight is 368 g/mol. The first-order valence-electron chi connectivity index (χ1n) is 9.98. The molecule has 3 atom stereocenters. The highest BCUT2D eigenvalue weighted by Crippen LogP contribution is 2.46. The molecule has 146 valence electrons. The van der Waals surface area contributed by atoms with E-state index in [-0.39, 0.29) is 5.92 Å². The van der Waals surface area contributed by atoms with E-state index in [0.717, 1.165) is 43.5 Å². The molecular formula is C24H33NO2. The van der Waals surface area contributed by atoms with Gasteiger partial charge in [0.25, 0.3) is 0 Å². The van der Waals surface area contributed by atoms with Crippen molar-refractivity contribution in [2.75, 3.05) is 27.7 Å². The van der Waals surface area contributed by atoms with Gasteiger partial charge in [-0.2, -0.15) is 0 Å². The van der Waals surface area contributed by atoms with Crippen molar-refractivity contribution in [3.8, 4) is 5.75 Å². The Hall–Kier alpha value is -1.84. The molecule has 0 bridgehead atoms. The van der Waals surface area contributed by atoms with Crippen molar-refractivity contribution in [2.24, 2.45) is 11.8 Å². The maximum atomic E-state index is 11.8. The molecule has 2 aromatic rings. The predicted molar refractivity (Wildman–Crippen MR) is 111 cm³/mol. The van der Waals surface area contributed by atoms with E-state index in [4.69, 9.17) is 4.74 Å². The zero-order valence-corrected chi connectivity index (χ0v) is 17.1. The molecule has 0 aromatic heterocycles. The molecule has 3 rings (SSSR count). The second-order valence-corrected chi connectivity index (χ2v) is 8.39. The third-order valence-corrected chi connectivity index (χ3v) is 6.08. The Balaban J connectivity index is 1.81. The minimum atomic E-state index is -0.736. The number of methoxy groups -OCH3 is 1. The summed E-state index contributed by atoms with van der Waals surface area (Å²) in [4.78, 5) is 2.21. The molecule has 0 aliphatic heterocycles. The van der Waals surface area contributed by atoms with Crippen molar-refractivity contribution in [1.29, 1.82) is 0 Å². The molecule has 0 heterocycles. The molecule has 27 heavy (non-hydrogen) atoms. The highest BCUT2D eigenvalue weighted by atomic mass is 16.5. The zero-order chi connectivity index (χ0) is 19.4. The molecule has 1 saturated carbocycles. The van der Waals surface area contributed by atoms with E-state index in [9.17, 15) is 5.11 Å². The van der Waals surface area contributed by atoms with Gasteiger partial charge < -0.3 is 14.7 Å². The Morgan fingerprint density at radius 2 is 1.93 bits per heavy atom. The van der Waals surface area contributed by atoms with Crippen molar-refractivity contribution in [3.05, 3.63) is 65.2 Å². The molecule has 0 radical (unpaired) electrons. The van der Waals surface area contributed by atoms with E-state index in [1.807, 2.05) is 6.07 Å². The summed E-state index contributed by atoms with van der Waals surface area (Å²) >= 11 is 0. The second kappa shape index (κ2) is 8.45.